The molecule has 0 saturated carbocycles. The van der Waals surface area contributed by atoms with E-state index in [1.807, 2.05) is 0 Å². The van der Waals surface area contributed by atoms with E-state index in [0.717, 1.165) is 23.3 Å². The summed E-state index contributed by atoms with van der Waals surface area (Å²) in [7, 11) is 1.16. The molecule has 0 aliphatic carbocycles. The highest BCUT2D eigenvalue weighted by molar-refractivity contribution is 7.18. The van der Waals surface area contributed by atoms with Gasteiger partial charge in [0.1, 0.15) is 6.54 Å². The number of hydrogen-bond donors (Lipinski definition) is 0. The van der Waals surface area contributed by atoms with Crippen molar-refractivity contribution in [1.82, 2.24) is 4.98 Å². The van der Waals surface area contributed by atoms with Crippen LogP contribution in [0.5, 0.6) is 0 Å². The first kappa shape index (κ1) is 16.0. The van der Waals surface area contributed by atoms with E-state index in [9.17, 15) is 18.0 Å². The number of esters is 1. The van der Waals surface area contributed by atoms with Gasteiger partial charge in [0, 0.05) is 6.04 Å². The first-order valence-electron chi connectivity index (χ1n) is 5.23. The maximum Gasteiger partial charge on any atom is 0.406 e. The molecule has 0 radical (unpaired) electrons. The van der Waals surface area contributed by atoms with Crippen molar-refractivity contribution in [2.24, 2.45) is 0 Å². The Balaban J connectivity index is 3.08. The van der Waals surface area contributed by atoms with Crippen LogP contribution in [-0.4, -0.2) is 36.8 Å². The summed E-state index contributed by atoms with van der Waals surface area (Å²) in [6, 6.07) is -0.436. The molecular weight excluding hydrogens is 305 g/mol. The van der Waals surface area contributed by atoms with E-state index in [2.05, 4.69) is 9.72 Å². The first-order chi connectivity index (χ1) is 8.65. The topological polar surface area (TPSA) is 42.4 Å². The molecule has 0 saturated heterocycles. The SMILES string of the molecule is COC(=O)c1sc(N(CC(F)(F)F)C(C)C)nc1Cl. The number of methoxy groups -OCH3 is 1. The Labute approximate surface area is 117 Å². The van der Waals surface area contributed by atoms with Crippen molar-refractivity contribution < 1.29 is 22.7 Å². The van der Waals surface area contributed by atoms with Gasteiger partial charge in [-0.25, -0.2) is 9.78 Å². The molecule has 108 valence electrons. The third-order valence-electron chi connectivity index (χ3n) is 2.16. The molecule has 0 aliphatic rings. The third kappa shape index (κ3) is 4.24. The van der Waals surface area contributed by atoms with E-state index in [0.29, 0.717) is 0 Å². The number of hydrogen-bond acceptors (Lipinski definition) is 5. The fraction of sp³-hybridized carbons (Fsp3) is 0.600. The lowest BCUT2D eigenvalue weighted by atomic mass is 10.3. The number of alkyl halides is 3. The highest BCUT2D eigenvalue weighted by Gasteiger charge is 2.34. The van der Waals surface area contributed by atoms with Crippen LogP contribution in [0.1, 0.15) is 23.5 Å². The average molecular weight is 317 g/mol. The van der Waals surface area contributed by atoms with Gasteiger partial charge in [0.15, 0.2) is 15.2 Å². The third-order valence-corrected chi connectivity index (χ3v) is 3.62. The molecule has 1 heterocycles. The Morgan fingerprint density at radius 1 is 1.53 bits per heavy atom. The number of anilines is 1. The minimum absolute atomic E-state index is 0.00742. The molecule has 0 bridgehead atoms. The van der Waals surface area contributed by atoms with Crippen LogP contribution in [0.3, 0.4) is 0 Å². The van der Waals surface area contributed by atoms with Crippen molar-refractivity contribution >= 4 is 34.0 Å². The number of halogens is 4. The number of nitrogens with zero attached hydrogens (tertiary/aromatic N) is 2. The number of carbonyl (C=O) groups excluding carboxylic acids is 1. The van der Waals surface area contributed by atoms with Crippen LogP contribution in [0.2, 0.25) is 5.15 Å². The van der Waals surface area contributed by atoms with E-state index < -0.39 is 24.7 Å². The fourth-order valence-corrected chi connectivity index (χ4v) is 2.63. The van der Waals surface area contributed by atoms with Crippen molar-refractivity contribution in [2.75, 3.05) is 18.6 Å². The van der Waals surface area contributed by atoms with Gasteiger partial charge in [0.2, 0.25) is 0 Å². The zero-order valence-electron chi connectivity index (χ0n) is 10.4. The summed E-state index contributed by atoms with van der Waals surface area (Å²) in [5.41, 5.74) is 0. The van der Waals surface area contributed by atoms with E-state index in [1.165, 1.54) is 0 Å². The summed E-state index contributed by atoms with van der Waals surface area (Å²) in [6.07, 6.45) is -4.37. The molecule has 0 unspecified atom stereocenters. The highest BCUT2D eigenvalue weighted by atomic mass is 35.5. The first-order valence-corrected chi connectivity index (χ1v) is 6.43. The molecule has 1 aromatic rings. The maximum atomic E-state index is 12.5. The van der Waals surface area contributed by atoms with E-state index in [4.69, 9.17) is 11.6 Å². The summed E-state index contributed by atoms with van der Waals surface area (Å²) < 4.78 is 42.0. The monoisotopic (exact) mass is 316 g/mol. The van der Waals surface area contributed by atoms with Gasteiger partial charge in [-0.3, -0.25) is 0 Å². The molecule has 19 heavy (non-hydrogen) atoms. The number of carbonyl (C=O) groups is 1. The van der Waals surface area contributed by atoms with E-state index in [1.54, 1.807) is 13.8 Å². The van der Waals surface area contributed by atoms with Gasteiger partial charge >= 0.3 is 12.1 Å². The van der Waals surface area contributed by atoms with Crippen molar-refractivity contribution in [3.8, 4) is 0 Å². The standard InChI is InChI=1S/C10H12ClF3N2O2S/c1-5(2)16(4-10(12,13)14)9-15-7(11)6(19-9)8(17)18-3/h5H,4H2,1-3H3. The lowest BCUT2D eigenvalue weighted by molar-refractivity contribution is -0.120. The van der Waals surface area contributed by atoms with E-state index in [-0.39, 0.29) is 15.2 Å². The second kappa shape index (κ2) is 5.96. The summed E-state index contributed by atoms with van der Waals surface area (Å²) >= 11 is 6.51. The lowest BCUT2D eigenvalue weighted by Gasteiger charge is -2.26. The van der Waals surface area contributed by atoms with Crippen LogP contribution in [0.4, 0.5) is 18.3 Å². The molecule has 1 rings (SSSR count). The van der Waals surface area contributed by atoms with Crippen LogP contribution < -0.4 is 4.90 Å². The molecule has 1 aromatic heterocycles. The number of thiazole rings is 1. The molecule has 0 amide bonds. The molecule has 4 nitrogen and oxygen atoms in total. The van der Waals surface area contributed by atoms with Gasteiger partial charge in [0.05, 0.1) is 7.11 Å². The molecule has 0 spiro atoms. The molecule has 0 aromatic carbocycles. The quantitative estimate of drug-likeness (QED) is 0.799. The zero-order chi connectivity index (χ0) is 14.8. The summed E-state index contributed by atoms with van der Waals surface area (Å²) in [6.45, 7) is 2.03. The van der Waals surface area contributed by atoms with Crippen LogP contribution in [-0.2, 0) is 4.74 Å². The maximum absolute atomic E-state index is 12.5. The number of rotatable bonds is 4. The van der Waals surface area contributed by atoms with E-state index >= 15 is 0 Å². The molecule has 9 heteroatoms. The molecular formula is C10H12ClF3N2O2S. The second-order valence-electron chi connectivity index (χ2n) is 3.94. The lowest BCUT2D eigenvalue weighted by Crippen LogP contribution is -2.39. The fourth-order valence-electron chi connectivity index (χ4n) is 1.30. The largest absolute Gasteiger partial charge is 0.465 e. The Kier molecular flexibility index (Phi) is 5.03. The summed E-state index contributed by atoms with van der Waals surface area (Å²) in [4.78, 5) is 16.2. The van der Waals surface area contributed by atoms with Gasteiger partial charge in [-0.15, -0.1) is 0 Å². The second-order valence-corrected chi connectivity index (χ2v) is 5.28. The van der Waals surface area contributed by atoms with Crippen LogP contribution in [0, 0.1) is 0 Å². The molecule has 0 N–H and O–H groups in total. The molecule has 0 aliphatic heterocycles. The van der Waals surface area contributed by atoms with Crippen LogP contribution in [0.15, 0.2) is 0 Å². The van der Waals surface area contributed by atoms with Gasteiger partial charge < -0.3 is 9.64 Å². The predicted octanol–water partition coefficient (Wildman–Crippen LogP) is 3.36. The van der Waals surface area contributed by atoms with Crippen LogP contribution in [0.25, 0.3) is 0 Å². The Morgan fingerprint density at radius 3 is 2.53 bits per heavy atom. The predicted molar refractivity (Wildman–Crippen MR) is 67.0 cm³/mol. The number of aromatic nitrogens is 1. The van der Waals surface area contributed by atoms with Gasteiger partial charge in [0.25, 0.3) is 0 Å². The van der Waals surface area contributed by atoms with Crippen LogP contribution >= 0.6 is 22.9 Å². The normalized spacial score (nSPS) is 11.8. The number of ether oxygens (including phenoxy) is 1. The minimum Gasteiger partial charge on any atom is -0.465 e. The Morgan fingerprint density at radius 2 is 2.11 bits per heavy atom. The van der Waals surface area contributed by atoms with Gasteiger partial charge in [-0.05, 0) is 13.8 Å². The van der Waals surface area contributed by atoms with Crippen molar-refractivity contribution in [3.05, 3.63) is 10.0 Å². The zero-order valence-corrected chi connectivity index (χ0v) is 12.0. The van der Waals surface area contributed by atoms with Crippen molar-refractivity contribution in [1.29, 1.82) is 0 Å². The summed E-state index contributed by atoms with van der Waals surface area (Å²) in [5.74, 6) is -0.718. The van der Waals surface area contributed by atoms with Crippen molar-refractivity contribution in [3.63, 3.8) is 0 Å². The van der Waals surface area contributed by atoms with Gasteiger partial charge in [-0.1, -0.05) is 22.9 Å². The minimum atomic E-state index is -4.37. The highest BCUT2D eigenvalue weighted by Crippen LogP contribution is 2.33. The average Bonchev–Trinajstić information content (AvgIpc) is 2.65. The smallest absolute Gasteiger partial charge is 0.406 e. The van der Waals surface area contributed by atoms with Gasteiger partial charge in [-0.2, -0.15) is 13.2 Å². The molecule has 0 fully saturated rings. The summed E-state index contributed by atoms with van der Waals surface area (Å²) in [5, 5.41) is -0.114. The Hall–Kier alpha value is -1.02. The Bertz CT molecular complexity index is 462. The molecule has 0 atom stereocenters. The van der Waals surface area contributed by atoms with Crippen molar-refractivity contribution in [2.45, 2.75) is 26.1 Å².